The lowest BCUT2D eigenvalue weighted by molar-refractivity contribution is -0.0310. The van der Waals surface area contributed by atoms with E-state index in [1.807, 2.05) is 11.8 Å². The molecule has 1 aromatic rings. The van der Waals surface area contributed by atoms with Crippen molar-refractivity contribution < 1.29 is 9.53 Å². The van der Waals surface area contributed by atoms with E-state index in [2.05, 4.69) is 47.2 Å². The number of ether oxygens (including phenoxy) is 1. The average Bonchev–Trinajstić information content (AvgIpc) is 2.65. The van der Waals surface area contributed by atoms with Crippen LogP contribution in [0.25, 0.3) is 0 Å². The van der Waals surface area contributed by atoms with Crippen LogP contribution in [0, 0.1) is 13.8 Å². The molecule has 26 heavy (non-hydrogen) atoms. The van der Waals surface area contributed by atoms with Crippen LogP contribution in [-0.2, 0) is 4.74 Å². The number of amides is 2. The van der Waals surface area contributed by atoms with Crippen molar-refractivity contribution in [3.05, 3.63) is 29.3 Å². The lowest BCUT2D eigenvalue weighted by Gasteiger charge is -2.40. The smallest absolute Gasteiger partial charge is 0.317 e. The van der Waals surface area contributed by atoms with Gasteiger partial charge < -0.3 is 19.9 Å². The average molecular weight is 361 g/mol. The van der Waals surface area contributed by atoms with Gasteiger partial charge in [0, 0.05) is 58.0 Å². The monoisotopic (exact) mass is 360 g/mol. The van der Waals surface area contributed by atoms with Crippen LogP contribution < -0.4 is 10.2 Å². The summed E-state index contributed by atoms with van der Waals surface area (Å²) in [6, 6.07) is 6.76. The van der Waals surface area contributed by atoms with E-state index in [4.69, 9.17) is 4.74 Å². The number of aryl methyl sites for hydroxylation is 2. The number of hydrogen-bond acceptors (Lipinski definition) is 4. The van der Waals surface area contributed by atoms with Crippen LogP contribution in [0.1, 0.15) is 18.1 Å². The first-order valence-electron chi connectivity index (χ1n) is 9.75. The fraction of sp³-hybridized carbons (Fsp3) is 0.650. The third-order valence-corrected chi connectivity index (χ3v) is 5.44. The van der Waals surface area contributed by atoms with Crippen LogP contribution in [0.3, 0.4) is 0 Å². The standard InChI is InChI=1S/C20H32N4O2/c1-4-21-20(25)24-11-12-26-19(15-24)14-22-7-9-23(10-8-22)18-6-5-16(2)17(3)13-18/h5-6,13,19H,4,7-12,14-15H2,1-3H3,(H,21,25)/t19-/m1/s1. The summed E-state index contributed by atoms with van der Waals surface area (Å²) < 4.78 is 5.90. The Morgan fingerprint density at radius 3 is 2.62 bits per heavy atom. The molecule has 0 aliphatic carbocycles. The van der Waals surface area contributed by atoms with Gasteiger partial charge in [-0.1, -0.05) is 6.07 Å². The molecule has 0 saturated carbocycles. The van der Waals surface area contributed by atoms with Crippen LogP contribution in [0.15, 0.2) is 18.2 Å². The number of morpholine rings is 1. The van der Waals surface area contributed by atoms with Gasteiger partial charge in [0.1, 0.15) is 0 Å². The molecule has 2 fully saturated rings. The van der Waals surface area contributed by atoms with Crippen molar-refractivity contribution in [2.75, 3.05) is 63.9 Å². The predicted molar refractivity (Wildman–Crippen MR) is 105 cm³/mol. The van der Waals surface area contributed by atoms with E-state index in [0.717, 1.165) is 32.7 Å². The Labute approximate surface area is 157 Å². The number of nitrogens with zero attached hydrogens (tertiary/aromatic N) is 3. The number of anilines is 1. The highest BCUT2D eigenvalue weighted by Gasteiger charge is 2.27. The first-order valence-corrected chi connectivity index (χ1v) is 9.75. The van der Waals surface area contributed by atoms with Crippen LogP contribution >= 0.6 is 0 Å². The van der Waals surface area contributed by atoms with E-state index in [-0.39, 0.29) is 12.1 Å². The summed E-state index contributed by atoms with van der Waals surface area (Å²) in [5, 5.41) is 2.88. The minimum Gasteiger partial charge on any atom is -0.373 e. The Bertz CT molecular complexity index is 614. The highest BCUT2D eigenvalue weighted by atomic mass is 16.5. The number of rotatable bonds is 4. The summed E-state index contributed by atoms with van der Waals surface area (Å²) in [6.07, 6.45) is 0.111. The van der Waals surface area contributed by atoms with Gasteiger partial charge >= 0.3 is 6.03 Å². The van der Waals surface area contributed by atoms with Gasteiger partial charge in [-0.3, -0.25) is 4.90 Å². The number of benzene rings is 1. The van der Waals surface area contributed by atoms with Gasteiger partial charge in [0.15, 0.2) is 0 Å². The molecular weight excluding hydrogens is 328 g/mol. The van der Waals surface area contributed by atoms with Crippen molar-refractivity contribution in [1.82, 2.24) is 15.1 Å². The van der Waals surface area contributed by atoms with Crippen LogP contribution in [-0.4, -0.2) is 80.9 Å². The van der Waals surface area contributed by atoms with Gasteiger partial charge in [0.05, 0.1) is 12.7 Å². The Morgan fingerprint density at radius 2 is 1.92 bits per heavy atom. The molecule has 0 bridgehead atoms. The third-order valence-electron chi connectivity index (χ3n) is 5.44. The third kappa shape index (κ3) is 4.68. The largest absolute Gasteiger partial charge is 0.373 e. The second kappa shape index (κ2) is 8.73. The summed E-state index contributed by atoms with van der Waals surface area (Å²) in [6.45, 7) is 14.0. The fourth-order valence-electron chi connectivity index (χ4n) is 3.68. The molecule has 0 spiro atoms. The van der Waals surface area contributed by atoms with Gasteiger partial charge in [0.2, 0.25) is 0 Å². The molecule has 1 aromatic carbocycles. The first kappa shape index (κ1) is 19.0. The molecule has 2 aliphatic rings. The van der Waals surface area contributed by atoms with Gasteiger partial charge in [-0.25, -0.2) is 4.79 Å². The van der Waals surface area contributed by atoms with Crippen molar-refractivity contribution in [2.45, 2.75) is 26.9 Å². The van der Waals surface area contributed by atoms with Gasteiger partial charge in [-0.2, -0.15) is 0 Å². The summed E-state index contributed by atoms with van der Waals surface area (Å²) in [4.78, 5) is 18.8. The van der Waals surface area contributed by atoms with Gasteiger partial charge in [0.25, 0.3) is 0 Å². The molecule has 2 aliphatic heterocycles. The van der Waals surface area contributed by atoms with Crippen LogP contribution in [0.2, 0.25) is 0 Å². The molecule has 6 nitrogen and oxygen atoms in total. The quantitative estimate of drug-likeness (QED) is 0.890. The zero-order chi connectivity index (χ0) is 18.5. The molecular formula is C20H32N4O2. The predicted octanol–water partition coefficient (Wildman–Crippen LogP) is 1.86. The molecule has 6 heteroatoms. The van der Waals surface area contributed by atoms with Gasteiger partial charge in [-0.05, 0) is 44.0 Å². The maximum atomic E-state index is 12.0. The molecule has 3 rings (SSSR count). The zero-order valence-corrected chi connectivity index (χ0v) is 16.3. The fourth-order valence-corrected chi connectivity index (χ4v) is 3.68. The highest BCUT2D eigenvalue weighted by molar-refractivity contribution is 5.74. The number of carbonyl (C=O) groups is 1. The summed E-state index contributed by atoms with van der Waals surface area (Å²) in [7, 11) is 0. The zero-order valence-electron chi connectivity index (χ0n) is 16.3. The highest BCUT2D eigenvalue weighted by Crippen LogP contribution is 2.20. The summed E-state index contributed by atoms with van der Waals surface area (Å²) in [5.74, 6) is 0. The van der Waals surface area contributed by atoms with E-state index in [9.17, 15) is 4.79 Å². The molecule has 2 heterocycles. The molecule has 2 amide bonds. The number of carbonyl (C=O) groups excluding carboxylic acids is 1. The Hall–Kier alpha value is -1.79. The van der Waals surface area contributed by atoms with Crippen molar-refractivity contribution in [2.24, 2.45) is 0 Å². The number of hydrogen-bond donors (Lipinski definition) is 1. The minimum absolute atomic E-state index is 0.0281. The molecule has 0 unspecified atom stereocenters. The van der Waals surface area contributed by atoms with Crippen molar-refractivity contribution >= 4 is 11.7 Å². The van der Waals surface area contributed by atoms with Gasteiger partial charge in [-0.15, -0.1) is 0 Å². The molecule has 0 aromatic heterocycles. The lowest BCUT2D eigenvalue weighted by atomic mass is 10.1. The topological polar surface area (TPSA) is 48.1 Å². The molecule has 0 radical (unpaired) electrons. The van der Waals surface area contributed by atoms with Crippen molar-refractivity contribution in [3.8, 4) is 0 Å². The van der Waals surface area contributed by atoms with E-state index < -0.39 is 0 Å². The minimum atomic E-state index is 0.0281. The number of piperazine rings is 1. The van der Waals surface area contributed by atoms with E-state index in [0.29, 0.717) is 26.2 Å². The Balaban J connectivity index is 1.47. The van der Waals surface area contributed by atoms with Crippen LogP contribution in [0.4, 0.5) is 10.5 Å². The normalized spacial score (nSPS) is 21.7. The maximum absolute atomic E-state index is 12.0. The SMILES string of the molecule is CCNC(=O)N1CCO[C@H](CN2CCN(c3ccc(C)c(C)c3)CC2)C1. The van der Waals surface area contributed by atoms with Crippen molar-refractivity contribution in [3.63, 3.8) is 0 Å². The lowest BCUT2D eigenvalue weighted by Crippen LogP contribution is -2.54. The van der Waals surface area contributed by atoms with Crippen LogP contribution in [0.5, 0.6) is 0 Å². The molecule has 1 N–H and O–H groups in total. The maximum Gasteiger partial charge on any atom is 0.317 e. The van der Waals surface area contributed by atoms with E-state index in [1.165, 1.54) is 16.8 Å². The molecule has 144 valence electrons. The Kier molecular flexibility index (Phi) is 6.38. The summed E-state index contributed by atoms with van der Waals surface area (Å²) >= 11 is 0. The Morgan fingerprint density at radius 1 is 1.15 bits per heavy atom. The van der Waals surface area contributed by atoms with E-state index in [1.54, 1.807) is 0 Å². The second-order valence-electron chi connectivity index (χ2n) is 7.33. The number of nitrogens with one attached hydrogen (secondary N) is 1. The number of urea groups is 1. The molecule has 2 saturated heterocycles. The second-order valence-corrected chi connectivity index (χ2v) is 7.33. The first-order chi connectivity index (χ1) is 12.6. The molecule has 1 atom stereocenters. The van der Waals surface area contributed by atoms with Crippen molar-refractivity contribution in [1.29, 1.82) is 0 Å². The summed E-state index contributed by atoms with van der Waals surface area (Å²) in [5.41, 5.74) is 4.02. The van der Waals surface area contributed by atoms with E-state index >= 15 is 0 Å².